The van der Waals surface area contributed by atoms with Gasteiger partial charge in [-0.25, -0.2) is 4.39 Å². The summed E-state index contributed by atoms with van der Waals surface area (Å²) in [7, 11) is 1.68. The van der Waals surface area contributed by atoms with E-state index in [4.69, 9.17) is 9.72 Å². The molecule has 0 radical (unpaired) electrons. The van der Waals surface area contributed by atoms with Crippen molar-refractivity contribution in [3.8, 4) is 11.1 Å². The molecule has 238 valence electrons. The zero-order valence-electron chi connectivity index (χ0n) is 26.0. The molecule has 6 heterocycles. The molecule has 1 amide bonds. The molecule has 10 heteroatoms. The van der Waals surface area contributed by atoms with Crippen LogP contribution in [0.25, 0.3) is 11.1 Å². The number of benzene rings is 1. The van der Waals surface area contributed by atoms with Crippen LogP contribution in [0.2, 0.25) is 0 Å². The largest absolute Gasteiger partial charge is 0.392 e. The lowest BCUT2D eigenvalue weighted by molar-refractivity contribution is -0.0696. The van der Waals surface area contributed by atoms with Gasteiger partial charge in [0.05, 0.1) is 36.4 Å². The number of hydrogen-bond acceptors (Lipinski definition) is 7. The van der Waals surface area contributed by atoms with Crippen LogP contribution in [0, 0.1) is 5.82 Å². The third-order valence-electron chi connectivity index (χ3n) is 10.2. The number of thiophene rings is 1. The van der Waals surface area contributed by atoms with E-state index in [2.05, 4.69) is 11.0 Å². The van der Waals surface area contributed by atoms with Crippen molar-refractivity contribution in [3.63, 3.8) is 0 Å². The van der Waals surface area contributed by atoms with Crippen LogP contribution in [0.5, 0.6) is 0 Å². The van der Waals surface area contributed by atoms with Crippen LogP contribution >= 0.6 is 11.3 Å². The summed E-state index contributed by atoms with van der Waals surface area (Å²) in [5.41, 5.74) is 7.91. The fourth-order valence-electron chi connectivity index (χ4n) is 7.61. The minimum absolute atomic E-state index is 0.129. The molecule has 0 atom stereocenters. The molecule has 1 aromatic carbocycles. The summed E-state index contributed by atoms with van der Waals surface area (Å²) in [6.45, 7) is 3.43. The van der Waals surface area contributed by atoms with Gasteiger partial charge in [0.2, 0.25) is 0 Å². The molecular formula is C36H37FN4O4S. The normalized spacial score (nSPS) is 18.2. The maximum atomic E-state index is 15.4. The lowest BCUT2D eigenvalue weighted by atomic mass is 9.91. The van der Waals surface area contributed by atoms with E-state index in [0.29, 0.717) is 53.4 Å². The number of aliphatic hydroxyl groups is 1. The van der Waals surface area contributed by atoms with Gasteiger partial charge in [-0.3, -0.25) is 19.5 Å². The highest BCUT2D eigenvalue weighted by Crippen LogP contribution is 2.41. The summed E-state index contributed by atoms with van der Waals surface area (Å²) in [5.74, 6) is -0.629. The summed E-state index contributed by atoms with van der Waals surface area (Å²) in [5, 5.41) is 10.7. The number of amides is 1. The predicted molar refractivity (Wildman–Crippen MR) is 175 cm³/mol. The first-order chi connectivity index (χ1) is 22.4. The summed E-state index contributed by atoms with van der Waals surface area (Å²) in [6.07, 6.45) is 7.90. The maximum Gasteiger partial charge on any atom is 0.268 e. The number of carbonyl (C=O) groups excluding carboxylic acids is 1. The smallest absolute Gasteiger partial charge is 0.268 e. The Morgan fingerprint density at radius 2 is 1.89 bits per heavy atom. The van der Waals surface area contributed by atoms with Crippen molar-refractivity contribution in [1.29, 1.82) is 0 Å². The molecule has 0 spiro atoms. The van der Waals surface area contributed by atoms with E-state index in [9.17, 15) is 14.7 Å². The third kappa shape index (κ3) is 5.12. The molecule has 4 aliphatic rings. The van der Waals surface area contributed by atoms with Crippen molar-refractivity contribution in [2.75, 3.05) is 31.2 Å². The van der Waals surface area contributed by atoms with E-state index < -0.39 is 5.82 Å². The van der Waals surface area contributed by atoms with Crippen molar-refractivity contribution in [2.24, 2.45) is 7.05 Å². The molecule has 8 rings (SSSR count). The first kappa shape index (κ1) is 29.7. The number of anilines is 1. The van der Waals surface area contributed by atoms with Crippen LogP contribution in [-0.4, -0.2) is 57.8 Å². The van der Waals surface area contributed by atoms with E-state index >= 15 is 4.39 Å². The maximum absolute atomic E-state index is 15.4. The van der Waals surface area contributed by atoms with Crippen LogP contribution in [0.15, 0.2) is 41.3 Å². The summed E-state index contributed by atoms with van der Waals surface area (Å²) < 4.78 is 22.3. The second-order valence-electron chi connectivity index (χ2n) is 13.0. The molecule has 1 fully saturated rings. The number of carbonyl (C=O) groups is 1. The van der Waals surface area contributed by atoms with Crippen LogP contribution in [0.1, 0.15) is 66.6 Å². The number of nitrogens with zero attached hydrogens (tertiary/aromatic N) is 4. The minimum atomic E-state index is -0.500. The Kier molecular flexibility index (Phi) is 7.63. The third-order valence-corrected chi connectivity index (χ3v) is 11.5. The van der Waals surface area contributed by atoms with Gasteiger partial charge in [0.1, 0.15) is 5.82 Å². The number of fused-ring (bicyclic) bond motifs is 4. The molecule has 0 bridgehead atoms. The highest BCUT2D eigenvalue weighted by atomic mass is 32.1. The number of aromatic nitrogens is 2. The first-order valence-electron chi connectivity index (χ1n) is 16.3. The Balaban J connectivity index is 1.11. The van der Waals surface area contributed by atoms with Crippen LogP contribution in [-0.2, 0) is 57.0 Å². The van der Waals surface area contributed by atoms with Crippen LogP contribution in [0.3, 0.4) is 0 Å². The quantitative estimate of drug-likeness (QED) is 0.333. The average molecular weight is 641 g/mol. The predicted octanol–water partition coefficient (Wildman–Crippen LogP) is 4.57. The Labute approximate surface area is 271 Å². The molecule has 1 N–H and O–H groups in total. The lowest BCUT2D eigenvalue weighted by Gasteiger charge is -2.39. The van der Waals surface area contributed by atoms with Crippen LogP contribution in [0.4, 0.5) is 10.1 Å². The number of ether oxygens (including phenoxy) is 1. The van der Waals surface area contributed by atoms with Crippen molar-refractivity contribution < 1.29 is 19.0 Å². The van der Waals surface area contributed by atoms with Gasteiger partial charge in [-0.2, -0.15) is 0 Å². The van der Waals surface area contributed by atoms with E-state index in [1.54, 1.807) is 35.5 Å². The highest BCUT2D eigenvalue weighted by Gasteiger charge is 2.34. The number of aryl methyl sites for hydroxylation is 2. The van der Waals surface area contributed by atoms with Gasteiger partial charge in [-0.05, 0) is 84.2 Å². The van der Waals surface area contributed by atoms with E-state index in [-0.39, 0.29) is 18.1 Å². The number of rotatable bonds is 6. The summed E-state index contributed by atoms with van der Waals surface area (Å²) in [6, 6.07) is 9.11. The molecule has 3 aliphatic heterocycles. The zero-order valence-corrected chi connectivity index (χ0v) is 26.8. The standard InChI is InChI=1S/C36H37FN4O4S/c1-39-16-23(12-22(35(39)43)13-25-7-6-21-17-40(26-19-45-20-26)10-9-31(21)38-25)29-14-24(37)15-32(30(29)18-42)41-11-8-28-27-4-2-3-5-33(27)46-34(28)36(41)44/h6-7,12,14-16,26,42H,2-5,8-11,13,17-20H2,1H3. The molecule has 46 heavy (non-hydrogen) atoms. The molecule has 8 nitrogen and oxygen atoms in total. The van der Waals surface area contributed by atoms with Gasteiger partial charge in [-0.1, -0.05) is 6.07 Å². The number of halogens is 1. The van der Waals surface area contributed by atoms with E-state index in [1.165, 1.54) is 32.7 Å². The Morgan fingerprint density at radius 1 is 1.04 bits per heavy atom. The SMILES string of the molecule is Cn1cc(-c2cc(F)cc(N3CCc4c(sc5c4CCCC5)C3=O)c2CO)cc(Cc2ccc3c(n2)CCN(C2COC2)C3)c1=O. The molecule has 4 aromatic rings. The number of aliphatic hydroxyl groups excluding tert-OH is 1. The molecule has 1 aliphatic carbocycles. The zero-order chi connectivity index (χ0) is 31.5. The van der Waals surface area contributed by atoms with Gasteiger partial charge in [0.15, 0.2) is 0 Å². The second-order valence-corrected chi connectivity index (χ2v) is 14.1. The van der Waals surface area contributed by atoms with Crippen molar-refractivity contribution in [2.45, 2.75) is 64.1 Å². The van der Waals surface area contributed by atoms with Gasteiger partial charge < -0.3 is 19.3 Å². The van der Waals surface area contributed by atoms with Crippen molar-refractivity contribution in [1.82, 2.24) is 14.5 Å². The van der Waals surface area contributed by atoms with E-state index in [1.807, 2.05) is 6.07 Å². The number of pyridine rings is 2. The Morgan fingerprint density at radius 3 is 2.70 bits per heavy atom. The fraction of sp³-hybridized carbons (Fsp3) is 0.417. The number of hydrogen-bond donors (Lipinski definition) is 1. The average Bonchev–Trinajstić information content (AvgIpc) is 3.42. The molecule has 1 saturated heterocycles. The summed E-state index contributed by atoms with van der Waals surface area (Å²) in [4.78, 5) is 38.3. The lowest BCUT2D eigenvalue weighted by Crippen LogP contribution is -2.50. The second kappa shape index (κ2) is 11.8. The van der Waals surface area contributed by atoms with Gasteiger partial charge in [-0.15, -0.1) is 11.3 Å². The van der Waals surface area contributed by atoms with Crippen molar-refractivity contribution in [3.05, 3.63) is 102 Å². The monoisotopic (exact) mass is 640 g/mol. The molecule has 0 saturated carbocycles. The van der Waals surface area contributed by atoms with Gasteiger partial charge >= 0.3 is 0 Å². The first-order valence-corrected chi connectivity index (χ1v) is 17.1. The molecule has 3 aromatic heterocycles. The molecule has 0 unspecified atom stereocenters. The van der Waals surface area contributed by atoms with Crippen LogP contribution < -0.4 is 10.5 Å². The minimum Gasteiger partial charge on any atom is -0.392 e. The van der Waals surface area contributed by atoms with Crippen molar-refractivity contribution >= 4 is 22.9 Å². The molecular weight excluding hydrogens is 603 g/mol. The fourth-order valence-corrected chi connectivity index (χ4v) is 9.00. The Bertz CT molecular complexity index is 1930. The van der Waals surface area contributed by atoms with E-state index in [0.717, 1.165) is 80.2 Å². The van der Waals surface area contributed by atoms with Gasteiger partial charge in [0.25, 0.3) is 11.5 Å². The van der Waals surface area contributed by atoms with Gasteiger partial charge in [0, 0.05) is 73.1 Å². The summed E-state index contributed by atoms with van der Waals surface area (Å²) >= 11 is 1.58. The topological polar surface area (TPSA) is 87.9 Å². The highest BCUT2D eigenvalue weighted by molar-refractivity contribution is 7.14. The Hall–Kier alpha value is -3.70.